The fourth-order valence-electron chi connectivity index (χ4n) is 2.71. The number of ether oxygens (including phenoxy) is 1. The molecule has 0 aliphatic carbocycles. The number of fused-ring (bicyclic) bond motifs is 1. The number of carbonyl (C=O) groups is 1. The van der Waals surface area contributed by atoms with Gasteiger partial charge in [-0.05, 0) is 19.4 Å². The van der Waals surface area contributed by atoms with E-state index in [0.29, 0.717) is 37.3 Å². The third kappa shape index (κ3) is 4.59. The van der Waals surface area contributed by atoms with Crippen molar-refractivity contribution in [1.29, 1.82) is 0 Å². The third-order valence-electron chi connectivity index (χ3n) is 4.18. The smallest absolute Gasteiger partial charge is 0.264 e. The summed E-state index contributed by atoms with van der Waals surface area (Å²) in [6.45, 7) is 5.67. The molecular weight excluding hydrogens is 346 g/mol. The highest BCUT2D eigenvalue weighted by atomic mass is 16.5. The van der Waals surface area contributed by atoms with Crippen LogP contribution in [-0.2, 0) is 22.6 Å². The van der Waals surface area contributed by atoms with Gasteiger partial charge in [-0.1, -0.05) is 29.8 Å². The summed E-state index contributed by atoms with van der Waals surface area (Å²) in [6, 6.07) is 8.04. The van der Waals surface area contributed by atoms with E-state index >= 15 is 0 Å². The molecule has 142 valence electrons. The predicted molar refractivity (Wildman–Crippen MR) is 102 cm³/mol. The Morgan fingerprint density at radius 1 is 1.26 bits per heavy atom. The van der Waals surface area contributed by atoms with Gasteiger partial charge < -0.3 is 10.1 Å². The van der Waals surface area contributed by atoms with Crippen LogP contribution in [0.5, 0.6) is 0 Å². The number of hydrogen-bond donors (Lipinski definition) is 1. The van der Waals surface area contributed by atoms with E-state index in [1.165, 1.54) is 18.1 Å². The molecule has 2 aromatic heterocycles. The van der Waals surface area contributed by atoms with Gasteiger partial charge >= 0.3 is 0 Å². The van der Waals surface area contributed by atoms with Crippen molar-refractivity contribution in [2.45, 2.75) is 26.9 Å². The van der Waals surface area contributed by atoms with E-state index in [9.17, 15) is 9.59 Å². The number of aryl methyl sites for hydroxylation is 1. The van der Waals surface area contributed by atoms with Crippen LogP contribution in [0.15, 0.2) is 41.6 Å². The molecule has 0 spiro atoms. The minimum Gasteiger partial charge on any atom is -0.372 e. The molecule has 2 heterocycles. The zero-order chi connectivity index (χ0) is 19.2. The molecule has 8 heteroatoms. The monoisotopic (exact) mass is 369 g/mol. The Morgan fingerprint density at radius 2 is 2.04 bits per heavy atom. The zero-order valence-corrected chi connectivity index (χ0v) is 15.5. The van der Waals surface area contributed by atoms with E-state index in [1.54, 1.807) is 9.25 Å². The SMILES string of the molecule is CCOCC(=O)NCCn1ncc2c(=O)n(Cc3ccc(C)cc3)cnc21. The molecule has 8 nitrogen and oxygen atoms in total. The Hall–Kier alpha value is -3.00. The largest absolute Gasteiger partial charge is 0.372 e. The van der Waals surface area contributed by atoms with Crippen LogP contribution in [0.3, 0.4) is 0 Å². The van der Waals surface area contributed by atoms with Crippen molar-refractivity contribution in [2.24, 2.45) is 0 Å². The molecule has 0 saturated carbocycles. The van der Waals surface area contributed by atoms with Gasteiger partial charge in [-0.2, -0.15) is 5.10 Å². The zero-order valence-electron chi connectivity index (χ0n) is 15.5. The second-order valence-electron chi connectivity index (χ2n) is 6.26. The van der Waals surface area contributed by atoms with Crippen LogP contribution >= 0.6 is 0 Å². The van der Waals surface area contributed by atoms with Crippen molar-refractivity contribution in [1.82, 2.24) is 24.6 Å². The standard InChI is InChI=1S/C19H23N5O3/c1-3-27-12-17(25)20-8-9-24-18-16(10-22-24)19(26)23(13-21-18)11-15-6-4-14(2)5-7-15/h4-7,10,13H,3,8-9,11-12H2,1-2H3,(H,20,25). The normalized spacial score (nSPS) is 11.0. The summed E-state index contributed by atoms with van der Waals surface area (Å²) in [7, 11) is 0. The number of rotatable bonds is 8. The summed E-state index contributed by atoms with van der Waals surface area (Å²) in [5.41, 5.74) is 2.59. The quantitative estimate of drug-likeness (QED) is 0.642. The maximum Gasteiger partial charge on any atom is 0.264 e. The molecule has 0 radical (unpaired) electrons. The maximum absolute atomic E-state index is 12.7. The highest BCUT2D eigenvalue weighted by molar-refractivity contribution is 5.77. The Morgan fingerprint density at radius 3 is 2.78 bits per heavy atom. The molecule has 1 aromatic carbocycles. The minimum absolute atomic E-state index is 0.0400. The summed E-state index contributed by atoms with van der Waals surface area (Å²) in [4.78, 5) is 28.6. The average Bonchev–Trinajstić information content (AvgIpc) is 3.08. The summed E-state index contributed by atoms with van der Waals surface area (Å²) >= 11 is 0. The number of hydrogen-bond acceptors (Lipinski definition) is 5. The van der Waals surface area contributed by atoms with Crippen LogP contribution in [0.25, 0.3) is 11.0 Å². The highest BCUT2D eigenvalue weighted by Gasteiger charge is 2.11. The molecular formula is C19H23N5O3. The van der Waals surface area contributed by atoms with Gasteiger partial charge in [0.25, 0.3) is 5.56 Å². The van der Waals surface area contributed by atoms with Gasteiger partial charge in [-0.25, -0.2) is 9.67 Å². The average molecular weight is 369 g/mol. The third-order valence-corrected chi connectivity index (χ3v) is 4.18. The van der Waals surface area contributed by atoms with E-state index < -0.39 is 0 Å². The van der Waals surface area contributed by atoms with Gasteiger partial charge in [-0.15, -0.1) is 0 Å². The summed E-state index contributed by atoms with van der Waals surface area (Å²) in [6.07, 6.45) is 3.06. The molecule has 1 N–H and O–H groups in total. The van der Waals surface area contributed by atoms with Crippen molar-refractivity contribution < 1.29 is 9.53 Å². The van der Waals surface area contributed by atoms with E-state index in [-0.39, 0.29) is 18.1 Å². The summed E-state index contributed by atoms with van der Waals surface area (Å²) in [5.74, 6) is -0.179. The Bertz CT molecular complexity index is 975. The lowest BCUT2D eigenvalue weighted by atomic mass is 10.1. The van der Waals surface area contributed by atoms with Gasteiger partial charge in [-0.3, -0.25) is 14.2 Å². The Balaban J connectivity index is 1.70. The number of benzene rings is 1. The molecule has 1 amide bonds. The lowest BCUT2D eigenvalue weighted by Crippen LogP contribution is -2.31. The molecule has 0 saturated heterocycles. The van der Waals surface area contributed by atoms with Crippen LogP contribution in [0.2, 0.25) is 0 Å². The van der Waals surface area contributed by atoms with Gasteiger partial charge in [0, 0.05) is 13.2 Å². The molecule has 0 aliphatic heterocycles. The fourth-order valence-corrected chi connectivity index (χ4v) is 2.71. The minimum atomic E-state index is -0.179. The highest BCUT2D eigenvalue weighted by Crippen LogP contribution is 2.08. The van der Waals surface area contributed by atoms with Crippen molar-refractivity contribution >= 4 is 16.9 Å². The van der Waals surface area contributed by atoms with Crippen molar-refractivity contribution in [3.63, 3.8) is 0 Å². The molecule has 0 aliphatic rings. The molecule has 0 unspecified atom stereocenters. The lowest BCUT2D eigenvalue weighted by Gasteiger charge is -2.08. The second kappa shape index (κ2) is 8.59. The van der Waals surface area contributed by atoms with Gasteiger partial charge in [0.05, 0.1) is 19.3 Å². The number of amides is 1. The number of carbonyl (C=O) groups excluding carboxylic acids is 1. The first-order valence-corrected chi connectivity index (χ1v) is 8.89. The first kappa shape index (κ1) is 18.8. The van der Waals surface area contributed by atoms with E-state index in [0.717, 1.165) is 5.56 Å². The van der Waals surface area contributed by atoms with Crippen LogP contribution in [-0.4, -0.2) is 45.0 Å². The fraction of sp³-hybridized carbons (Fsp3) is 0.368. The van der Waals surface area contributed by atoms with Gasteiger partial charge in [0.2, 0.25) is 5.91 Å². The summed E-state index contributed by atoms with van der Waals surface area (Å²) < 4.78 is 8.24. The lowest BCUT2D eigenvalue weighted by molar-refractivity contribution is -0.125. The molecule has 0 atom stereocenters. The Kier molecular flexibility index (Phi) is 5.97. The number of nitrogens with one attached hydrogen (secondary N) is 1. The predicted octanol–water partition coefficient (Wildman–Crippen LogP) is 1.10. The van der Waals surface area contributed by atoms with Crippen LogP contribution in [0.4, 0.5) is 0 Å². The molecule has 0 fully saturated rings. The first-order valence-electron chi connectivity index (χ1n) is 8.89. The first-order chi connectivity index (χ1) is 13.1. The topological polar surface area (TPSA) is 91.0 Å². The van der Waals surface area contributed by atoms with Crippen molar-refractivity contribution in [3.8, 4) is 0 Å². The van der Waals surface area contributed by atoms with Crippen molar-refractivity contribution in [2.75, 3.05) is 19.8 Å². The van der Waals surface area contributed by atoms with Gasteiger partial charge in [0.1, 0.15) is 18.3 Å². The molecule has 27 heavy (non-hydrogen) atoms. The molecule has 3 aromatic rings. The van der Waals surface area contributed by atoms with Crippen LogP contribution in [0.1, 0.15) is 18.1 Å². The van der Waals surface area contributed by atoms with E-state index in [4.69, 9.17) is 4.74 Å². The van der Waals surface area contributed by atoms with Crippen LogP contribution < -0.4 is 10.9 Å². The van der Waals surface area contributed by atoms with E-state index in [1.807, 2.05) is 38.1 Å². The Labute approximate surface area is 156 Å². The van der Waals surface area contributed by atoms with E-state index in [2.05, 4.69) is 15.4 Å². The maximum atomic E-state index is 12.7. The van der Waals surface area contributed by atoms with Crippen LogP contribution in [0, 0.1) is 6.92 Å². The van der Waals surface area contributed by atoms with Crippen molar-refractivity contribution in [3.05, 3.63) is 58.3 Å². The number of aromatic nitrogens is 4. The van der Waals surface area contributed by atoms with Gasteiger partial charge in [0.15, 0.2) is 5.65 Å². The molecule has 0 bridgehead atoms. The summed E-state index contributed by atoms with van der Waals surface area (Å²) in [5, 5.41) is 7.44. The number of nitrogens with zero attached hydrogens (tertiary/aromatic N) is 4. The second-order valence-corrected chi connectivity index (χ2v) is 6.26. The molecule has 3 rings (SSSR count).